The van der Waals surface area contributed by atoms with Gasteiger partial charge in [-0.3, -0.25) is 9.36 Å². The average Bonchev–Trinajstić information content (AvgIpc) is 3.37. The van der Waals surface area contributed by atoms with Crippen molar-refractivity contribution in [3.05, 3.63) is 24.0 Å². The van der Waals surface area contributed by atoms with E-state index >= 15 is 0 Å². The SMILES string of the molecule is CCN1CCN(C(=O)c2cccn2-c2nnc(N3CCCCC3)s2)CC1. The zero-order valence-electron chi connectivity index (χ0n) is 15.3. The van der Waals surface area contributed by atoms with E-state index in [1.165, 1.54) is 19.3 Å². The van der Waals surface area contributed by atoms with Crippen LogP contribution in [-0.4, -0.2) is 76.3 Å². The minimum Gasteiger partial charge on any atom is -0.347 e. The van der Waals surface area contributed by atoms with E-state index in [9.17, 15) is 4.79 Å². The summed E-state index contributed by atoms with van der Waals surface area (Å²) < 4.78 is 1.89. The van der Waals surface area contributed by atoms with E-state index in [0.29, 0.717) is 5.69 Å². The highest BCUT2D eigenvalue weighted by molar-refractivity contribution is 7.17. The summed E-state index contributed by atoms with van der Waals surface area (Å²) in [6.07, 6.45) is 5.64. The van der Waals surface area contributed by atoms with Gasteiger partial charge in [0.2, 0.25) is 10.3 Å². The van der Waals surface area contributed by atoms with Crippen LogP contribution in [0.1, 0.15) is 36.7 Å². The van der Waals surface area contributed by atoms with Gasteiger partial charge in [0.1, 0.15) is 5.69 Å². The van der Waals surface area contributed by atoms with Crippen LogP contribution in [0.25, 0.3) is 5.13 Å². The van der Waals surface area contributed by atoms with Crippen molar-refractivity contribution in [1.29, 1.82) is 0 Å². The Balaban J connectivity index is 1.50. The number of likely N-dealkylation sites (N-methyl/N-ethyl adjacent to an activating group) is 1. The molecule has 26 heavy (non-hydrogen) atoms. The summed E-state index contributed by atoms with van der Waals surface area (Å²) in [6.45, 7) is 8.77. The molecule has 0 saturated carbocycles. The monoisotopic (exact) mass is 374 g/mol. The van der Waals surface area contributed by atoms with E-state index in [2.05, 4.69) is 26.9 Å². The van der Waals surface area contributed by atoms with E-state index in [0.717, 1.165) is 56.1 Å². The van der Waals surface area contributed by atoms with Crippen molar-refractivity contribution in [2.75, 3.05) is 50.7 Å². The summed E-state index contributed by atoms with van der Waals surface area (Å²) in [7, 11) is 0. The van der Waals surface area contributed by atoms with E-state index in [1.807, 2.05) is 27.8 Å². The number of carbonyl (C=O) groups is 1. The molecule has 2 aromatic heterocycles. The molecular formula is C18H26N6OS. The number of piperidine rings is 1. The van der Waals surface area contributed by atoms with Gasteiger partial charge in [0.15, 0.2) is 0 Å². The zero-order valence-corrected chi connectivity index (χ0v) is 16.1. The van der Waals surface area contributed by atoms with Crippen LogP contribution in [0.2, 0.25) is 0 Å². The smallest absolute Gasteiger partial charge is 0.270 e. The molecule has 0 N–H and O–H groups in total. The predicted molar refractivity (Wildman–Crippen MR) is 103 cm³/mol. The second kappa shape index (κ2) is 7.75. The van der Waals surface area contributed by atoms with Gasteiger partial charge in [-0.25, -0.2) is 0 Å². The Morgan fingerprint density at radius 3 is 2.50 bits per heavy atom. The highest BCUT2D eigenvalue weighted by Crippen LogP contribution is 2.27. The number of nitrogens with zero attached hydrogens (tertiary/aromatic N) is 6. The molecule has 2 fully saturated rings. The van der Waals surface area contributed by atoms with Gasteiger partial charge in [-0.05, 0) is 37.9 Å². The van der Waals surface area contributed by atoms with Gasteiger partial charge in [0.25, 0.3) is 5.91 Å². The van der Waals surface area contributed by atoms with Crippen molar-refractivity contribution in [3.63, 3.8) is 0 Å². The molecule has 0 radical (unpaired) electrons. The molecule has 0 unspecified atom stereocenters. The Bertz CT molecular complexity index is 742. The molecule has 0 aliphatic carbocycles. The fourth-order valence-corrected chi connectivity index (χ4v) is 4.57. The Kier molecular flexibility index (Phi) is 5.21. The molecule has 1 amide bonds. The number of carbonyl (C=O) groups excluding carboxylic acids is 1. The number of hydrogen-bond donors (Lipinski definition) is 0. The predicted octanol–water partition coefficient (Wildman–Crippen LogP) is 2.10. The number of piperazine rings is 1. The van der Waals surface area contributed by atoms with Crippen molar-refractivity contribution < 1.29 is 4.79 Å². The van der Waals surface area contributed by atoms with Crippen molar-refractivity contribution in [3.8, 4) is 5.13 Å². The molecule has 8 heteroatoms. The molecule has 2 aromatic rings. The van der Waals surface area contributed by atoms with Gasteiger partial charge < -0.3 is 14.7 Å². The third-order valence-electron chi connectivity index (χ3n) is 5.31. The van der Waals surface area contributed by atoms with Crippen LogP contribution in [0.3, 0.4) is 0 Å². The molecule has 7 nitrogen and oxygen atoms in total. The number of amides is 1. The lowest BCUT2D eigenvalue weighted by molar-refractivity contribution is 0.0635. The van der Waals surface area contributed by atoms with Crippen LogP contribution in [0.4, 0.5) is 5.13 Å². The summed E-state index contributed by atoms with van der Waals surface area (Å²) in [5.74, 6) is 0.0838. The summed E-state index contributed by atoms with van der Waals surface area (Å²) in [5, 5.41) is 10.5. The first-order valence-electron chi connectivity index (χ1n) is 9.54. The van der Waals surface area contributed by atoms with Crippen molar-refractivity contribution in [1.82, 2.24) is 24.6 Å². The van der Waals surface area contributed by atoms with Crippen LogP contribution >= 0.6 is 11.3 Å². The van der Waals surface area contributed by atoms with Crippen LogP contribution in [0, 0.1) is 0 Å². The average molecular weight is 375 g/mol. The summed E-state index contributed by atoms with van der Waals surface area (Å²) in [6, 6.07) is 3.80. The lowest BCUT2D eigenvalue weighted by Crippen LogP contribution is -2.48. The highest BCUT2D eigenvalue weighted by Gasteiger charge is 2.25. The maximum atomic E-state index is 13.0. The van der Waals surface area contributed by atoms with Crippen LogP contribution in [0.15, 0.2) is 18.3 Å². The first-order chi connectivity index (χ1) is 12.8. The minimum atomic E-state index is 0.0838. The molecule has 2 aliphatic heterocycles. The summed E-state index contributed by atoms with van der Waals surface area (Å²) in [5.41, 5.74) is 0.677. The number of hydrogen-bond acceptors (Lipinski definition) is 6. The lowest BCUT2D eigenvalue weighted by atomic mass is 10.1. The van der Waals surface area contributed by atoms with Gasteiger partial charge >= 0.3 is 0 Å². The van der Waals surface area contributed by atoms with Gasteiger partial charge in [0.05, 0.1) is 0 Å². The molecule has 4 rings (SSSR count). The Morgan fingerprint density at radius 2 is 1.77 bits per heavy atom. The summed E-state index contributed by atoms with van der Waals surface area (Å²) >= 11 is 1.57. The fraction of sp³-hybridized carbons (Fsp3) is 0.611. The fourth-order valence-electron chi connectivity index (χ4n) is 3.67. The van der Waals surface area contributed by atoms with Gasteiger partial charge in [0, 0.05) is 45.5 Å². The second-order valence-corrected chi connectivity index (χ2v) is 7.84. The molecule has 0 spiro atoms. The molecular weight excluding hydrogens is 348 g/mol. The molecule has 0 atom stereocenters. The highest BCUT2D eigenvalue weighted by atomic mass is 32.1. The third-order valence-corrected chi connectivity index (χ3v) is 6.29. The maximum Gasteiger partial charge on any atom is 0.270 e. The quantitative estimate of drug-likeness (QED) is 0.820. The van der Waals surface area contributed by atoms with Gasteiger partial charge in [-0.15, -0.1) is 10.2 Å². The molecule has 2 saturated heterocycles. The second-order valence-electron chi connectivity index (χ2n) is 6.90. The molecule has 2 aliphatic rings. The van der Waals surface area contributed by atoms with Crippen molar-refractivity contribution in [2.45, 2.75) is 26.2 Å². The van der Waals surface area contributed by atoms with Crippen LogP contribution < -0.4 is 4.90 Å². The number of anilines is 1. The van der Waals surface area contributed by atoms with Crippen LogP contribution in [-0.2, 0) is 0 Å². The molecule has 4 heterocycles. The van der Waals surface area contributed by atoms with Gasteiger partial charge in [-0.2, -0.15) is 0 Å². The zero-order chi connectivity index (χ0) is 17.9. The largest absolute Gasteiger partial charge is 0.347 e. The standard InChI is InChI=1S/C18H26N6OS/c1-2-21-11-13-22(14-12-21)16(25)15-7-6-10-24(15)18-20-19-17(26-18)23-8-4-3-5-9-23/h6-7,10H,2-5,8-9,11-14H2,1H3. The van der Waals surface area contributed by atoms with E-state index < -0.39 is 0 Å². The molecule has 140 valence electrons. The lowest BCUT2D eigenvalue weighted by Gasteiger charge is -2.34. The molecule has 0 aromatic carbocycles. The minimum absolute atomic E-state index is 0.0838. The maximum absolute atomic E-state index is 13.0. The normalized spacial score (nSPS) is 19.1. The van der Waals surface area contributed by atoms with E-state index in [4.69, 9.17) is 0 Å². The Hall–Kier alpha value is -1.93. The molecule has 0 bridgehead atoms. The van der Waals surface area contributed by atoms with Crippen LogP contribution in [0.5, 0.6) is 0 Å². The Labute approximate surface area is 158 Å². The van der Waals surface area contributed by atoms with Gasteiger partial charge in [-0.1, -0.05) is 18.3 Å². The number of rotatable bonds is 4. The topological polar surface area (TPSA) is 57.5 Å². The third kappa shape index (κ3) is 3.48. The van der Waals surface area contributed by atoms with E-state index in [-0.39, 0.29) is 5.91 Å². The van der Waals surface area contributed by atoms with Crippen molar-refractivity contribution >= 4 is 22.4 Å². The van der Waals surface area contributed by atoms with E-state index in [1.54, 1.807) is 11.3 Å². The first-order valence-corrected chi connectivity index (χ1v) is 10.4. The summed E-state index contributed by atoms with van der Waals surface area (Å²) in [4.78, 5) is 19.6. The van der Waals surface area contributed by atoms with Crippen molar-refractivity contribution in [2.24, 2.45) is 0 Å². The first kappa shape index (κ1) is 17.5. The Morgan fingerprint density at radius 1 is 1.04 bits per heavy atom. The number of aromatic nitrogens is 3.